The molecule has 0 saturated heterocycles. The number of benzene rings is 1. The molecule has 1 heterocycles. The van der Waals surface area contributed by atoms with Crippen LogP contribution in [0.25, 0.3) is 0 Å². The molecule has 1 fully saturated rings. The summed E-state index contributed by atoms with van der Waals surface area (Å²) >= 11 is 0. The molecule has 0 unspecified atom stereocenters. The van der Waals surface area contributed by atoms with E-state index in [1.165, 1.54) is 6.42 Å². The molecule has 1 aromatic rings. The quantitative estimate of drug-likeness (QED) is 0.695. The Bertz CT molecular complexity index is 899. The number of hydrogen-bond acceptors (Lipinski definition) is 5. The Labute approximate surface area is 209 Å². The number of likely N-dealkylation sites (N-methyl/N-ethyl adjacent to an activating group) is 1. The van der Waals surface area contributed by atoms with Gasteiger partial charge in [0.25, 0.3) is 5.91 Å². The number of nitrogens with zero attached hydrogens (tertiary/aromatic N) is 2. The molecule has 1 N–H and O–H groups in total. The Morgan fingerprint density at radius 3 is 2.51 bits per heavy atom. The van der Waals surface area contributed by atoms with Crippen LogP contribution in [0, 0.1) is 11.8 Å². The van der Waals surface area contributed by atoms with Gasteiger partial charge >= 0.3 is 0 Å². The highest BCUT2D eigenvalue weighted by atomic mass is 16.5. The largest absolute Gasteiger partial charge is 0.491 e. The molecule has 3 rings (SSSR count). The van der Waals surface area contributed by atoms with Gasteiger partial charge in [-0.05, 0) is 31.9 Å². The number of methoxy groups -OCH3 is 1. The van der Waals surface area contributed by atoms with E-state index in [4.69, 9.17) is 9.47 Å². The first-order valence-corrected chi connectivity index (χ1v) is 12.9. The Hall–Kier alpha value is -2.61. The number of hydrogen-bond donors (Lipinski definition) is 1. The molecule has 0 bridgehead atoms. The molecule has 0 radical (unpaired) electrons. The lowest BCUT2D eigenvalue weighted by Gasteiger charge is -2.36. The molecule has 194 valence electrons. The summed E-state index contributed by atoms with van der Waals surface area (Å²) in [7, 11) is 3.38. The van der Waals surface area contributed by atoms with Gasteiger partial charge in [-0.15, -0.1) is 0 Å². The van der Waals surface area contributed by atoms with Gasteiger partial charge in [0.1, 0.15) is 12.4 Å². The fraction of sp³-hybridized carbons (Fsp3) is 0.667. The van der Waals surface area contributed by atoms with E-state index < -0.39 is 0 Å². The minimum Gasteiger partial charge on any atom is -0.491 e. The van der Waals surface area contributed by atoms with Crippen molar-refractivity contribution in [2.24, 2.45) is 11.8 Å². The van der Waals surface area contributed by atoms with Gasteiger partial charge in [0, 0.05) is 57.3 Å². The highest BCUT2D eigenvalue weighted by Gasteiger charge is 2.30. The van der Waals surface area contributed by atoms with Crippen molar-refractivity contribution in [1.29, 1.82) is 0 Å². The molecule has 1 saturated carbocycles. The van der Waals surface area contributed by atoms with E-state index in [9.17, 15) is 14.4 Å². The van der Waals surface area contributed by atoms with E-state index in [1.54, 1.807) is 37.3 Å². The summed E-state index contributed by atoms with van der Waals surface area (Å²) in [5.74, 6) is 0.365. The van der Waals surface area contributed by atoms with E-state index in [0.717, 1.165) is 25.7 Å². The lowest BCUT2D eigenvalue weighted by molar-refractivity contribution is -0.135. The van der Waals surface area contributed by atoms with Crippen LogP contribution in [0.3, 0.4) is 0 Å². The van der Waals surface area contributed by atoms with Crippen molar-refractivity contribution >= 4 is 23.4 Å². The fourth-order valence-electron chi connectivity index (χ4n) is 5.01. The number of amides is 3. The zero-order valence-electron chi connectivity index (χ0n) is 21.8. The van der Waals surface area contributed by atoms with E-state index in [1.807, 2.05) is 25.7 Å². The number of rotatable bonds is 4. The monoisotopic (exact) mass is 487 g/mol. The third-order valence-corrected chi connectivity index (χ3v) is 7.31. The first-order valence-electron chi connectivity index (χ1n) is 12.9. The van der Waals surface area contributed by atoms with Crippen LogP contribution in [-0.2, 0) is 14.3 Å². The molecule has 1 aliphatic heterocycles. The molecular weight excluding hydrogens is 446 g/mol. The summed E-state index contributed by atoms with van der Waals surface area (Å²) in [5, 5.41) is 3.02. The second-order valence-corrected chi connectivity index (χ2v) is 10.0. The van der Waals surface area contributed by atoms with Crippen molar-refractivity contribution in [1.82, 2.24) is 9.80 Å². The van der Waals surface area contributed by atoms with Gasteiger partial charge in [-0.25, -0.2) is 0 Å². The van der Waals surface area contributed by atoms with Crippen LogP contribution in [0.15, 0.2) is 18.2 Å². The van der Waals surface area contributed by atoms with Gasteiger partial charge in [0.2, 0.25) is 11.8 Å². The fourth-order valence-corrected chi connectivity index (χ4v) is 5.01. The predicted octanol–water partition coefficient (Wildman–Crippen LogP) is 3.95. The van der Waals surface area contributed by atoms with Crippen LogP contribution >= 0.6 is 0 Å². The molecule has 8 heteroatoms. The standard InChI is InChI=1S/C27H41N3O5/c1-6-25(31)30-15-18(2)24(34-5)16-29(4)27(33)22-13-12-21(14-23(22)35-17-19(30)3)28-26(32)20-10-8-7-9-11-20/h12-14,18-20,24H,6-11,15-17H2,1-5H3,(H,28,32)/t18-,19-,24-/m0/s1. The van der Waals surface area contributed by atoms with Gasteiger partial charge in [-0.2, -0.15) is 0 Å². The molecule has 0 aromatic heterocycles. The highest BCUT2D eigenvalue weighted by molar-refractivity contribution is 5.98. The van der Waals surface area contributed by atoms with E-state index >= 15 is 0 Å². The minimum absolute atomic E-state index is 0.0197. The van der Waals surface area contributed by atoms with Crippen molar-refractivity contribution in [2.75, 3.05) is 39.2 Å². The zero-order chi connectivity index (χ0) is 25.5. The van der Waals surface area contributed by atoms with E-state index in [-0.39, 0.29) is 48.3 Å². The van der Waals surface area contributed by atoms with Gasteiger partial charge in [-0.1, -0.05) is 33.1 Å². The van der Waals surface area contributed by atoms with Crippen LogP contribution in [0.5, 0.6) is 5.75 Å². The van der Waals surface area contributed by atoms with Crippen LogP contribution in [0.4, 0.5) is 5.69 Å². The summed E-state index contributed by atoms with van der Waals surface area (Å²) < 4.78 is 11.9. The third kappa shape index (κ3) is 6.75. The average Bonchev–Trinajstić information content (AvgIpc) is 2.87. The van der Waals surface area contributed by atoms with E-state index in [0.29, 0.717) is 36.5 Å². The number of anilines is 1. The van der Waals surface area contributed by atoms with E-state index in [2.05, 4.69) is 5.32 Å². The summed E-state index contributed by atoms with van der Waals surface area (Å²) in [6.45, 7) is 6.99. The number of nitrogens with one attached hydrogen (secondary N) is 1. The van der Waals surface area contributed by atoms with Crippen LogP contribution in [-0.4, -0.2) is 73.5 Å². The van der Waals surface area contributed by atoms with Crippen molar-refractivity contribution in [2.45, 2.75) is 71.4 Å². The van der Waals surface area contributed by atoms with Gasteiger partial charge in [0.05, 0.1) is 17.7 Å². The maximum absolute atomic E-state index is 13.3. The van der Waals surface area contributed by atoms with Gasteiger partial charge in [0.15, 0.2) is 0 Å². The molecule has 2 aliphatic rings. The molecule has 0 spiro atoms. The SMILES string of the molecule is CCC(=O)N1C[C@H](C)[C@@H](OC)CN(C)C(=O)c2ccc(NC(=O)C3CCCCC3)cc2OC[C@@H]1C. The summed E-state index contributed by atoms with van der Waals surface area (Å²) in [6, 6.07) is 5.00. The number of fused-ring (bicyclic) bond motifs is 1. The average molecular weight is 488 g/mol. The molecular formula is C27H41N3O5. The first-order chi connectivity index (χ1) is 16.7. The molecule has 8 nitrogen and oxygen atoms in total. The Morgan fingerprint density at radius 2 is 1.86 bits per heavy atom. The lowest BCUT2D eigenvalue weighted by atomic mass is 9.88. The second kappa shape index (κ2) is 12.4. The van der Waals surface area contributed by atoms with Crippen molar-refractivity contribution in [3.63, 3.8) is 0 Å². The maximum Gasteiger partial charge on any atom is 0.257 e. The Morgan fingerprint density at radius 1 is 1.14 bits per heavy atom. The molecule has 1 aliphatic carbocycles. The second-order valence-electron chi connectivity index (χ2n) is 10.0. The zero-order valence-corrected chi connectivity index (χ0v) is 21.8. The van der Waals surface area contributed by atoms with Crippen LogP contribution < -0.4 is 10.1 Å². The molecule has 3 atom stereocenters. The third-order valence-electron chi connectivity index (χ3n) is 7.31. The Kier molecular flexibility index (Phi) is 9.55. The first kappa shape index (κ1) is 27.0. The summed E-state index contributed by atoms with van der Waals surface area (Å²) in [6.07, 6.45) is 5.35. The highest BCUT2D eigenvalue weighted by Crippen LogP contribution is 2.29. The predicted molar refractivity (Wildman–Crippen MR) is 136 cm³/mol. The van der Waals surface area contributed by atoms with Crippen LogP contribution in [0.1, 0.15) is 69.7 Å². The van der Waals surface area contributed by atoms with Gasteiger partial charge < -0.3 is 24.6 Å². The topological polar surface area (TPSA) is 88.2 Å². The molecule has 1 aromatic carbocycles. The number of carbonyl (C=O) groups excluding carboxylic acids is 3. The summed E-state index contributed by atoms with van der Waals surface area (Å²) in [4.78, 5) is 42.3. The van der Waals surface area contributed by atoms with Gasteiger partial charge in [-0.3, -0.25) is 14.4 Å². The van der Waals surface area contributed by atoms with Crippen molar-refractivity contribution < 1.29 is 23.9 Å². The van der Waals surface area contributed by atoms with Crippen LogP contribution in [0.2, 0.25) is 0 Å². The number of ether oxygens (including phenoxy) is 2. The minimum atomic E-state index is -0.221. The Balaban J connectivity index is 1.89. The lowest BCUT2D eigenvalue weighted by Crippen LogP contribution is -2.48. The molecule has 3 amide bonds. The molecule has 35 heavy (non-hydrogen) atoms. The van der Waals surface area contributed by atoms with Crippen molar-refractivity contribution in [3.8, 4) is 5.75 Å². The summed E-state index contributed by atoms with van der Waals surface area (Å²) in [5.41, 5.74) is 1.03. The number of carbonyl (C=O) groups is 3. The smallest absolute Gasteiger partial charge is 0.257 e. The normalized spacial score (nSPS) is 24.6. The maximum atomic E-state index is 13.3. The van der Waals surface area contributed by atoms with Crippen molar-refractivity contribution in [3.05, 3.63) is 23.8 Å².